The zero-order valence-corrected chi connectivity index (χ0v) is 15.5. The first-order chi connectivity index (χ1) is 13.5. The van der Waals surface area contributed by atoms with Crippen LogP contribution in [0.2, 0.25) is 0 Å². The zero-order valence-electron chi connectivity index (χ0n) is 15.5. The minimum atomic E-state index is -0.639. The van der Waals surface area contributed by atoms with E-state index in [0.29, 0.717) is 19.8 Å². The van der Waals surface area contributed by atoms with E-state index >= 15 is 0 Å². The second kappa shape index (κ2) is 8.77. The van der Waals surface area contributed by atoms with Crippen LogP contribution in [0, 0.1) is 27.2 Å². The predicted octanol–water partition coefficient (Wildman–Crippen LogP) is 3.30. The van der Waals surface area contributed by atoms with Gasteiger partial charge in [0.25, 0.3) is 11.4 Å². The van der Waals surface area contributed by atoms with Gasteiger partial charge >= 0.3 is 0 Å². The fraction of sp³-hybridized carbons (Fsp3) is 0.368. The SMILES string of the molecule is Cc1ccc(C(CNc2ccc([N+](=O)[O-])cc2[N+](=O)[O-])N2CCOCC2)cc1. The van der Waals surface area contributed by atoms with E-state index < -0.39 is 9.85 Å². The lowest BCUT2D eigenvalue weighted by Crippen LogP contribution is -2.41. The summed E-state index contributed by atoms with van der Waals surface area (Å²) in [5.74, 6) is 0. The van der Waals surface area contributed by atoms with E-state index in [-0.39, 0.29) is 23.1 Å². The smallest absolute Gasteiger partial charge is 0.299 e. The second-order valence-corrected chi connectivity index (χ2v) is 6.67. The molecule has 0 saturated carbocycles. The Labute approximate surface area is 162 Å². The highest BCUT2D eigenvalue weighted by molar-refractivity contribution is 5.65. The Balaban J connectivity index is 1.84. The molecule has 2 aromatic carbocycles. The van der Waals surface area contributed by atoms with Gasteiger partial charge in [-0.1, -0.05) is 29.8 Å². The number of nitro groups is 2. The van der Waals surface area contributed by atoms with E-state index in [4.69, 9.17) is 4.74 Å². The normalized spacial score (nSPS) is 15.8. The van der Waals surface area contributed by atoms with Gasteiger partial charge in [-0.3, -0.25) is 25.1 Å². The fourth-order valence-electron chi connectivity index (χ4n) is 3.28. The third kappa shape index (κ3) is 4.62. The molecule has 1 aliphatic heterocycles. The molecule has 1 saturated heterocycles. The minimum Gasteiger partial charge on any atom is -0.379 e. The highest BCUT2D eigenvalue weighted by atomic mass is 16.6. The maximum absolute atomic E-state index is 11.4. The van der Waals surface area contributed by atoms with Crippen molar-refractivity contribution in [2.45, 2.75) is 13.0 Å². The summed E-state index contributed by atoms with van der Waals surface area (Å²) < 4.78 is 5.44. The topological polar surface area (TPSA) is 111 Å². The first-order valence-corrected chi connectivity index (χ1v) is 9.01. The van der Waals surface area contributed by atoms with Crippen LogP contribution in [-0.4, -0.2) is 47.6 Å². The number of hydrogen-bond donors (Lipinski definition) is 1. The monoisotopic (exact) mass is 386 g/mol. The quantitative estimate of drug-likeness (QED) is 0.574. The van der Waals surface area contributed by atoms with E-state index in [1.807, 2.05) is 19.1 Å². The summed E-state index contributed by atoms with van der Waals surface area (Å²) in [5, 5.41) is 25.4. The van der Waals surface area contributed by atoms with Crippen LogP contribution in [-0.2, 0) is 4.74 Å². The Bertz CT molecular complexity index is 850. The van der Waals surface area contributed by atoms with Gasteiger partial charge in [-0.05, 0) is 18.6 Å². The van der Waals surface area contributed by atoms with Gasteiger partial charge in [-0.15, -0.1) is 0 Å². The van der Waals surface area contributed by atoms with Crippen molar-refractivity contribution in [2.75, 3.05) is 38.2 Å². The number of anilines is 1. The summed E-state index contributed by atoms with van der Waals surface area (Å²) in [7, 11) is 0. The number of nitrogens with one attached hydrogen (secondary N) is 1. The molecule has 0 aromatic heterocycles. The molecule has 9 heteroatoms. The molecule has 1 N–H and O–H groups in total. The molecular formula is C19H22N4O5. The lowest BCUT2D eigenvalue weighted by molar-refractivity contribution is -0.393. The van der Waals surface area contributed by atoms with Crippen molar-refractivity contribution < 1.29 is 14.6 Å². The Hall–Kier alpha value is -3.04. The molecule has 2 aromatic rings. The van der Waals surface area contributed by atoms with Gasteiger partial charge in [0.2, 0.25) is 0 Å². The molecule has 148 valence electrons. The van der Waals surface area contributed by atoms with Crippen molar-refractivity contribution in [1.29, 1.82) is 0 Å². The van der Waals surface area contributed by atoms with Gasteiger partial charge in [0.05, 0.1) is 35.2 Å². The van der Waals surface area contributed by atoms with Crippen LogP contribution < -0.4 is 5.32 Å². The lowest BCUT2D eigenvalue weighted by atomic mass is 10.0. The van der Waals surface area contributed by atoms with Gasteiger partial charge in [0.1, 0.15) is 5.69 Å². The molecule has 3 rings (SSSR count). The average Bonchev–Trinajstić information content (AvgIpc) is 2.70. The summed E-state index contributed by atoms with van der Waals surface area (Å²) in [5.41, 5.74) is 1.91. The third-order valence-corrected chi connectivity index (χ3v) is 4.82. The number of nitrogens with zero attached hydrogens (tertiary/aromatic N) is 3. The van der Waals surface area contributed by atoms with Gasteiger partial charge in [0, 0.05) is 25.7 Å². The first-order valence-electron chi connectivity index (χ1n) is 9.01. The van der Waals surface area contributed by atoms with Crippen LogP contribution in [0.4, 0.5) is 17.1 Å². The predicted molar refractivity (Wildman–Crippen MR) is 105 cm³/mol. The van der Waals surface area contributed by atoms with Crippen LogP contribution >= 0.6 is 0 Å². The highest BCUT2D eigenvalue weighted by Crippen LogP contribution is 2.30. The first kappa shape index (κ1) is 19.7. The number of benzene rings is 2. The van der Waals surface area contributed by atoms with E-state index in [0.717, 1.165) is 30.3 Å². The van der Waals surface area contributed by atoms with Crippen LogP contribution in [0.1, 0.15) is 17.2 Å². The number of non-ortho nitro benzene ring substituents is 1. The molecule has 0 radical (unpaired) electrons. The summed E-state index contributed by atoms with van der Waals surface area (Å²) in [6.07, 6.45) is 0. The second-order valence-electron chi connectivity index (χ2n) is 6.67. The number of hydrogen-bond acceptors (Lipinski definition) is 7. The minimum absolute atomic E-state index is 0.000652. The molecule has 0 bridgehead atoms. The Morgan fingerprint density at radius 3 is 2.36 bits per heavy atom. The summed E-state index contributed by atoms with van der Waals surface area (Å²) in [4.78, 5) is 23.3. The van der Waals surface area contributed by atoms with Crippen molar-refractivity contribution in [1.82, 2.24) is 4.90 Å². The van der Waals surface area contributed by atoms with E-state index in [1.165, 1.54) is 12.1 Å². The van der Waals surface area contributed by atoms with E-state index in [1.54, 1.807) is 0 Å². The van der Waals surface area contributed by atoms with Crippen molar-refractivity contribution in [3.8, 4) is 0 Å². The third-order valence-electron chi connectivity index (χ3n) is 4.82. The molecule has 1 unspecified atom stereocenters. The number of aryl methyl sites for hydroxylation is 1. The van der Waals surface area contributed by atoms with Crippen LogP contribution in [0.3, 0.4) is 0 Å². The van der Waals surface area contributed by atoms with Gasteiger partial charge in [-0.2, -0.15) is 0 Å². The Morgan fingerprint density at radius 2 is 1.75 bits per heavy atom. The van der Waals surface area contributed by atoms with Crippen LogP contribution in [0.15, 0.2) is 42.5 Å². The molecule has 0 aliphatic carbocycles. The average molecular weight is 386 g/mol. The maximum Gasteiger partial charge on any atom is 0.299 e. The fourth-order valence-corrected chi connectivity index (χ4v) is 3.28. The molecular weight excluding hydrogens is 364 g/mol. The van der Waals surface area contributed by atoms with Gasteiger partial charge < -0.3 is 10.1 Å². The molecule has 1 aliphatic rings. The van der Waals surface area contributed by atoms with Crippen LogP contribution in [0.5, 0.6) is 0 Å². The van der Waals surface area contributed by atoms with Gasteiger partial charge in [0.15, 0.2) is 0 Å². The highest BCUT2D eigenvalue weighted by Gasteiger charge is 2.25. The van der Waals surface area contributed by atoms with Crippen molar-refractivity contribution in [3.63, 3.8) is 0 Å². The summed E-state index contributed by atoms with van der Waals surface area (Å²) in [6.45, 7) is 5.26. The van der Waals surface area contributed by atoms with Crippen molar-refractivity contribution in [3.05, 3.63) is 73.8 Å². The summed E-state index contributed by atoms with van der Waals surface area (Å²) >= 11 is 0. The van der Waals surface area contributed by atoms with E-state index in [9.17, 15) is 20.2 Å². The maximum atomic E-state index is 11.4. The number of nitro benzene ring substituents is 2. The molecule has 1 fully saturated rings. The molecule has 0 spiro atoms. The van der Waals surface area contributed by atoms with Crippen molar-refractivity contribution in [2.24, 2.45) is 0 Å². The van der Waals surface area contributed by atoms with E-state index in [2.05, 4.69) is 22.3 Å². The summed E-state index contributed by atoms with van der Waals surface area (Å²) in [6, 6.07) is 11.8. The molecule has 1 heterocycles. The largest absolute Gasteiger partial charge is 0.379 e. The number of morpholine rings is 1. The zero-order chi connectivity index (χ0) is 20.1. The molecule has 1 atom stereocenters. The van der Waals surface area contributed by atoms with Crippen molar-refractivity contribution >= 4 is 17.1 Å². The Kier molecular flexibility index (Phi) is 6.17. The Morgan fingerprint density at radius 1 is 1.07 bits per heavy atom. The molecule has 0 amide bonds. The number of rotatable bonds is 7. The molecule has 28 heavy (non-hydrogen) atoms. The molecule has 9 nitrogen and oxygen atoms in total. The standard InChI is InChI=1S/C19H22N4O5/c1-14-2-4-15(5-3-14)19(21-8-10-28-11-9-21)13-20-17-7-6-16(22(24)25)12-18(17)23(26)27/h2-7,12,19-20H,8-11,13H2,1H3. The van der Waals surface area contributed by atoms with Crippen LogP contribution in [0.25, 0.3) is 0 Å². The van der Waals surface area contributed by atoms with Gasteiger partial charge in [-0.25, -0.2) is 0 Å². The lowest BCUT2D eigenvalue weighted by Gasteiger charge is -2.35. The number of ether oxygens (including phenoxy) is 1.